The van der Waals surface area contributed by atoms with Gasteiger partial charge in [0.2, 0.25) is 0 Å². The van der Waals surface area contributed by atoms with Gasteiger partial charge in [-0.25, -0.2) is 0 Å². The molecule has 2 rings (SSSR count). The SMILES string of the molecule is CC(C)c1nnsc1C(=O)Cc1cc(Br)cs1. The molecule has 0 aliphatic rings. The second-order valence-electron chi connectivity index (χ2n) is 3.97. The number of Topliss-reactive ketones (excluding diaryl/α,β-unsaturated/α-hetero) is 1. The Balaban J connectivity index is 2.17. The van der Waals surface area contributed by atoms with Gasteiger partial charge in [0.25, 0.3) is 0 Å². The monoisotopic (exact) mass is 330 g/mol. The van der Waals surface area contributed by atoms with E-state index in [4.69, 9.17) is 0 Å². The lowest BCUT2D eigenvalue weighted by Crippen LogP contribution is -2.04. The predicted octanol–water partition coefficient (Wildman–Crippen LogP) is 3.91. The minimum Gasteiger partial charge on any atom is -0.293 e. The first-order chi connectivity index (χ1) is 8.08. The summed E-state index contributed by atoms with van der Waals surface area (Å²) < 4.78 is 4.90. The van der Waals surface area contributed by atoms with E-state index in [1.54, 1.807) is 11.3 Å². The zero-order valence-electron chi connectivity index (χ0n) is 9.44. The molecule has 0 radical (unpaired) electrons. The Kier molecular flexibility index (Phi) is 4.06. The van der Waals surface area contributed by atoms with Crippen LogP contribution in [0.25, 0.3) is 0 Å². The third-order valence-electron chi connectivity index (χ3n) is 2.27. The predicted molar refractivity (Wildman–Crippen MR) is 74.1 cm³/mol. The summed E-state index contributed by atoms with van der Waals surface area (Å²) in [5, 5.41) is 6.01. The average Bonchev–Trinajstić information content (AvgIpc) is 2.86. The van der Waals surface area contributed by atoms with Gasteiger partial charge < -0.3 is 0 Å². The van der Waals surface area contributed by atoms with Gasteiger partial charge in [-0.3, -0.25) is 4.79 Å². The third-order valence-corrected chi connectivity index (χ3v) is 4.75. The number of carbonyl (C=O) groups is 1. The molecule has 0 aliphatic carbocycles. The molecule has 2 aromatic rings. The van der Waals surface area contributed by atoms with E-state index < -0.39 is 0 Å². The lowest BCUT2D eigenvalue weighted by molar-refractivity contribution is 0.0996. The van der Waals surface area contributed by atoms with Gasteiger partial charge in [-0.1, -0.05) is 18.3 Å². The number of rotatable bonds is 4. The van der Waals surface area contributed by atoms with Crippen LogP contribution in [0.3, 0.4) is 0 Å². The highest BCUT2D eigenvalue weighted by atomic mass is 79.9. The van der Waals surface area contributed by atoms with Crippen LogP contribution < -0.4 is 0 Å². The van der Waals surface area contributed by atoms with E-state index in [1.807, 2.05) is 25.3 Å². The third kappa shape index (κ3) is 3.00. The van der Waals surface area contributed by atoms with Crippen LogP contribution in [-0.2, 0) is 6.42 Å². The molecule has 90 valence electrons. The zero-order chi connectivity index (χ0) is 12.4. The van der Waals surface area contributed by atoms with Crippen LogP contribution in [-0.4, -0.2) is 15.4 Å². The lowest BCUT2D eigenvalue weighted by Gasteiger charge is -2.02. The number of hydrogen-bond donors (Lipinski definition) is 0. The fourth-order valence-corrected chi connectivity index (χ4v) is 3.66. The van der Waals surface area contributed by atoms with Crippen molar-refractivity contribution in [2.75, 3.05) is 0 Å². The van der Waals surface area contributed by atoms with Crippen molar-refractivity contribution in [1.82, 2.24) is 9.59 Å². The summed E-state index contributed by atoms with van der Waals surface area (Å²) in [6.07, 6.45) is 0.430. The Morgan fingerprint density at radius 2 is 2.29 bits per heavy atom. The van der Waals surface area contributed by atoms with Crippen molar-refractivity contribution < 1.29 is 4.79 Å². The highest BCUT2D eigenvalue weighted by Crippen LogP contribution is 2.24. The molecule has 0 atom stereocenters. The van der Waals surface area contributed by atoms with E-state index in [0.717, 1.165) is 15.0 Å². The van der Waals surface area contributed by atoms with E-state index in [2.05, 4.69) is 25.5 Å². The zero-order valence-corrected chi connectivity index (χ0v) is 12.7. The first kappa shape index (κ1) is 12.9. The van der Waals surface area contributed by atoms with Crippen LogP contribution in [0.4, 0.5) is 0 Å². The number of nitrogens with zero attached hydrogens (tertiary/aromatic N) is 2. The van der Waals surface area contributed by atoms with Crippen molar-refractivity contribution >= 4 is 44.6 Å². The minimum atomic E-state index is 0.109. The topological polar surface area (TPSA) is 42.9 Å². The van der Waals surface area contributed by atoms with E-state index in [9.17, 15) is 4.79 Å². The second kappa shape index (κ2) is 5.37. The van der Waals surface area contributed by atoms with Crippen molar-refractivity contribution in [3.05, 3.63) is 31.4 Å². The molecule has 0 bridgehead atoms. The van der Waals surface area contributed by atoms with Crippen LogP contribution in [0, 0.1) is 0 Å². The fraction of sp³-hybridized carbons (Fsp3) is 0.364. The number of hydrogen-bond acceptors (Lipinski definition) is 5. The van der Waals surface area contributed by atoms with E-state index in [1.165, 1.54) is 11.5 Å². The molecule has 0 unspecified atom stereocenters. The molecule has 0 fully saturated rings. The van der Waals surface area contributed by atoms with Crippen LogP contribution >= 0.6 is 38.8 Å². The number of carbonyl (C=O) groups excluding carboxylic acids is 1. The molecular formula is C11H11BrN2OS2. The molecule has 0 aromatic carbocycles. The van der Waals surface area contributed by atoms with E-state index in [-0.39, 0.29) is 11.7 Å². The quantitative estimate of drug-likeness (QED) is 0.798. The van der Waals surface area contributed by atoms with Crippen molar-refractivity contribution in [3.63, 3.8) is 0 Å². The molecule has 0 aliphatic heterocycles. The van der Waals surface area contributed by atoms with Crippen molar-refractivity contribution in [2.24, 2.45) is 0 Å². The van der Waals surface area contributed by atoms with Gasteiger partial charge in [0.1, 0.15) is 4.88 Å². The first-order valence-electron chi connectivity index (χ1n) is 5.16. The Hall–Kier alpha value is -0.590. The van der Waals surface area contributed by atoms with Crippen LogP contribution in [0.1, 0.15) is 40.0 Å². The Morgan fingerprint density at radius 1 is 1.53 bits per heavy atom. The molecule has 6 heteroatoms. The summed E-state index contributed by atoms with van der Waals surface area (Å²) in [5.41, 5.74) is 0.815. The van der Waals surface area contributed by atoms with Crippen LogP contribution in [0.2, 0.25) is 0 Å². The Labute approximate surface area is 116 Å². The fourth-order valence-electron chi connectivity index (χ4n) is 1.45. The van der Waals surface area contributed by atoms with Gasteiger partial charge >= 0.3 is 0 Å². The summed E-state index contributed by atoms with van der Waals surface area (Å²) >= 11 is 6.17. The van der Waals surface area contributed by atoms with Crippen LogP contribution in [0.15, 0.2) is 15.9 Å². The van der Waals surface area contributed by atoms with Gasteiger partial charge in [0.05, 0.1) is 5.69 Å². The molecule has 17 heavy (non-hydrogen) atoms. The summed E-state index contributed by atoms with van der Waals surface area (Å²) in [7, 11) is 0. The smallest absolute Gasteiger partial charge is 0.181 e. The van der Waals surface area contributed by atoms with E-state index in [0.29, 0.717) is 11.3 Å². The number of halogens is 1. The maximum absolute atomic E-state index is 12.1. The van der Waals surface area contributed by atoms with Gasteiger partial charge in [0.15, 0.2) is 5.78 Å². The first-order valence-corrected chi connectivity index (χ1v) is 7.61. The number of aromatic nitrogens is 2. The maximum Gasteiger partial charge on any atom is 0.181 e. The van der Waals surface area contributed by atoms with Crippen molar-refractivity contribution in [2.45, 2.75) is 26.2 Å². The molecule has 0 saturated carbocycles. The average molecular weight is 331 g/mol. The summed E-state index contributed by atoms with van der Waals surface area (Å²) in [4.78, 5) is 13.9. The van der Waals surface area contributed by atoms with Crippen molar-refractivity contribution in [1.29, 1.82) is 0 Å². The largest absolute Gasteiger partial charge is 0.293 e. The maximum atomic E-state index is 12.1. The Morgan fingerprint density at radius 3 is 2.88 bits per heavy atom. The molecule has 0 amide bonds. The second-order valence-corrected chi connectivity index (χ2v) is 6.64. The number of thiophene rings is 1. The molecule has 0 saturated heterocycles. The molecule has 2 aromatic heterocycles. The molecular weight excluding hydrogens is 320 g/mol. The van der Waals surface area contributed by atoms with Gasteiger partial charge in [-0.2, -0.15) is 0 Å². The standard InChI is InChI=1S/C11H11BrN2OS2/c1-6(2)10-11(17-14-13-10)9(15)4-8-3-7(12)5-16-8/h3,5-6H,4H2,1-2H3. The van der Waals surface area contributed by atoms with E-state index >= 15 is 0 Å². The molecule has 3 nitrogen and oxygen atoms in total. The lowest BCUT2D eigenvalue weighted by atomic mass is 10.1. The summed E-state index contributed by atoms with van der Waals surface area (Å²) in [6, 6.07) is 1.98. The van der Waals surface area contributed by atoms with Crippen molar-refractivity contribution in [3.8, 4) is 0 Å². The highest BCUT2D eigenvalue weighted by molar-refractivity contribution is 9.10. The molecule has 0 N–H and O–H groups in total. The van der Waals surface area contributed by atoms with Gasteiger partial charge in [0, 0.05) is 21.2 Å². The molecule has 2 heterocycles. The Bertz CT molecular complexity index is 533. The van der Waals surface area contributed by atoms with Crippen LogP contribution in [0.5, 0.6) is 0 Å². The van der Waals surface area contributed by atoms with Gasteiger partial charge in [-0.15, -0.1) is 16.4 Å². The number of ketones is 1. The summed E-state index contributed by atoms with van der Waals surface area (Å²) in [5.74, 6) is 0.348. The molecule has 0 spiro atoms. The van der Waals surface area contributed by atoms with Gasteiger partial charge in [-0.05, 0) is 39.4 Å². The minimum absolute atomic E-state index is 0.109. The normalized spacial score (nSPS) is 11.1. The summed E-state index contributed by atoms with van der Waals surface area (Å²) in [6.45, 7) is 4.05. The highest BCUT2D eigenvalue weighted by Gasteiger charge is 2.19.